The van der Waals surface area contributed by atoms with Crippen LogP contribution in [0.15, 0.2) is 33.5 Å². The minimum atomic E-state index is -0.396. The first-order chi connectivity index (χ1) is 12.7. The number of amides is 1. The Balaban J connectivity index is 1.48. The van der Waals surface area contributed by atoms with Gasteiger partial charge in [-0.3, -0.25) is 9.36 Å². The van der Waals surface area contributed by atoms with Gasteiger partial charge in [-0.2, -0.15) is 0 Å². The van der Waals surface area contributed by atoms with Gasteiger partial charge >= 0.3 is 5.76 Å². The molecule has 0 saturated heterocycles. The predicted molar refractivity (Wildman–Crippen MR) is 101 cm³/mol. The molecule has 0 spiro atoms. The molecular weight excluding hydrogens is 352 g/mol. The molecule has 0 radical (unpaired) electrons. The summed E-state index contributed by atoms with van der Waals surface area (Å²) in [6.07, 6.45) is 5.17. The van der Waals surface area contributed by atoms with Gasteiger partial charge in [0.2, 0.25) is 11.0 Å². The highest BCUT2D eigenvalue weighted by Crippen LogP contribution is 2.18. The zero-order valence-electron chi connectivity index (χ0n) is 14.7. The summed E-state index contributed by atoms with van der Waals surface area (Å²) in [5.74, 6) is -0.519. The molecule has 0 aliphatic carbocycles. The van der Waals surface area contributed by atoms with Gasteiger partial charge in [0, 0.05) is 19.4 Å². The van der Waals surface area contributed by atoms with Crippen molar-refractivity contribution in [3.8, 4) is 0 Å². The molecule has 3 rings (SSSR count). The lowest BCUT2D eigenvalue weighted by molar-refractivity contribution is -0.116. The second-order valence-corrected chi connectivity index (χ2v) is 7.16. The number of oxazole rings is 1. The molecule has 0 aliphatic rings. The standard InChI is InChI=1S/C18H22N4O3S/c1-2-3-4-11-16-20-21-17(26-16)19-15(23)10-7-12-22-13-8-5-6-9-14(13)25-18(22)24/h5-6,8-9H,2-4,7,10-12H2,1H3,(H,19,21,23). The normalized spacial score (nSPS) is 11.1. The third-order valence-electron chi connectivity index (χ3n) is 4.07. The van der Waals surface area contributed by atoms with E-state index in [1.54, 1.807) is 10.6 Å². The number of aryl methyl sites for hydroxylation is 2. The summed E-state index contributed by atoms with van der Waals surface area (Å²) in [6, 6.07) is 7.27. The van der Waals surface area contributed by atoms with E-state index in [-0.39, 0.29) is 5.91 Å². The van der Waals surface area contributed by atoms with E-state index in [2.05, 4.69) is 22.4 Å². The highest BCUT2D eigenvalue weighted by molar-refractivity contribution is 7.15. The SMILES string of the molecule is CCCCCc1nnc(NC(=O)CCCn2c(=O)oc3ccccc32)s1. The van der Waals surface area contributed by atoms with E-state index < -0.39 is 5.76 Å². The molecule has 7 nitrogen and oxygen atoms in total. The number of carbonyl (C=O) groups is 1. The van der Waals surface area contributed by atoms with Crippen LogP contribution in [0.4, 0.5) is 5.13 Å². The van der Waals surface area contributed by atoms with Gasteiger partial charge in [-0.1, -0.05) is 43.2 Å². The molecule has 2 aromatic heterocycles. The van der Waals surface area contributed by atoms with E-state index in [0.717, 1.165) is 29.8 Å². The quantitative estimate of drug-likeness (QED) is 0.578. The molecule has 0 atom stereocenters. The highest BCUT2D eigenvalue weighted by Gasteiger charge is 2.11. The maximum Gasteiger partial charge on any atom is 0.419 e. The molecule has 0 saturated carbocycles. The Bertz CT molecular complexity index is 928. The Kier molecular flexibility index (Phi) is 6.17. The number of para-hydroxylation sites is 2. The number of aromatic nitrogens is 3. The first kappa shape index (κ1) is 18.3. The minimum Gasteiger partial charge on any atom is -0.408 e. The second-order valence-electron chi connectivity index (χ2n) is 6.10. The molecule has 0 unspecified atom stereocenters. The first-order valence-corrected chi connectivity index (χ1v) is 9.69. The number of unbranched alkanes of at least 4 members (excludes halogenated alkanes) is 2. The van der Waals surface area contributed by atoms with Crippen LogP contribution >= 0.6 is 11.3 Å². The number of nitrogens with zero attached hydrogens (tertiary/aromatic N) is 3. The number of rotatable bonds is 9. The average Bonchev–Trinajstić information content (AvgIpc) is 3.19. The van der Waals surface area contributed by atoms with Gasteiger partial charge in [-0.05, 0) is 25.0 Å². The number of hydrogen-bond acceptors (Lipinski definition) is 6. The zero-order valence-corrected chi connectivity index (χ0v) is 15.6. The van der Waals surface area contributed by atoms with Crippen LogP contribution in [-0.2, 0) is 17.8 Å². The van der Waals surface area contributed by atoms with Crippen molar-refractivity contribution >= 4 is 33.5 Å². The van der Waals surface area contributed by atoms with Gasteiger partial charge in [0.1, 0.15) is 5.01 Å². The summed E-state index contributed by atoms with van der Waals surface area (Å²) < 4.78 is 6.74. The fraction of sp³-hybridized carbons (Fsp3) is 0.444. The Labute approximate surface area is 155 Å². The van der Waals surface area contributed by atoms with E-state index in [4.69, 9.17) is 4.42 Å². The summed E-state index contributed by atoms with van der Waals surface area (Å²) in [7, 11) is 0. The van der Waals surface area contributed by atoms with Crippen molar-refractivity contribution in [3.63, 3.8) is 0 Å². The van der Waals surface area contributed by atoms with E-state index >= 15 is 0 Å². The topological polar surface area (TPSA) is 90.0 Å². The highest BCUT2D eigenvalue weighted by atomic mass is 32.1. The summed E-state index contributed by atoms with van der Waals surface area (Å²) >= 11 is 1.42. The summed E-state index contributed by atoms with van der Waals surface area (Å²) in [4.78, 5) is 24.0. The van der Waals surface area contributed by atoms with Crippen molar-refractivity contribution < 1.29 is 9.21 Å². The van der Waals surface area contributed by atoms with Crippen molar-refractivity contribution in [2.75, 3.05) is 5.32 Å². The number of nitrogens with one attached hydrogen (secondary N) is 1. The first-order valence-electron chi connectivity index (χ1n) is 8.88. The summed E-state index contributed by atoms with van der Waals surface area (Å²) in [6.45, 7) is 2.59. The maximum atomic E-state index is 12.1. The molecule has 2 heterocycles. The fourth-order valence-corrected chi connectivity index (χ4v) is 3.53. The Morgan fingerprint density at radius 1 is 1.23 bits per heavy atom. The van der Waals surface area contributed by atoms with Crippen LogP contribution in [0.25, 0.3) is 11.1 Å². The van der Waals surface area contributed by atoms with Crippen LogP contribution in [0.1, 0.15) is 44.0 Å². The van der Waals surface area contributed by atoms with Crippen molar-refractivity contribution in [3.05, 3.63) is 39.8 Å². The lowest BCUT2D eigenvalue weighted by Crippen LogP contribution is -2.17. The van der Waals surface area contributed by atoms with Gasteiger partial charge in [-0.25, -0.2) is 4.79 Å². The lowest BCUT2D eigenvalue weighted by atomic mass is 10.2. The Morgan fingerprint density at radius 2 is 2.08 bits per heavy atom. The average molecular weight is 374 g/mol. The largest absolute Gasteiger partial charge is 0.419 e. The molecule has 8 heteroatoms. The van der Waals surface area contributed by atoms with Crippen molar-refractivity contribution in [1.29, 1.82) is 0 Å². The molecule has 0 aliphatic heterocycles. The van der Waals surface area contributed by atoms with Gasteiger partial charge in [0.05, 0.1) is 5.52 Å². The van der Waals surface area contributed by atoms with E-state index in [0.29, 0.717) is 30.1 Å². The minimum absolute atomic E-state index is 0.123. The van der Waals surface area contributed by atoms with Gasteiger partial charge in [0.25, 0.3) is 0 Å². The van der Waals surface area contributed by atoms with Crippen LogP contribution in [0, 0.1) is 0 Å². The molecule has 1 amide bonds. The van der Waals surface area contributed by atoms with Gasteiger partial charge in [0.15, 0.2) is 5.58 Å². The van der Waals surface area contributed by atoms with Crippen molar-refractivity contribution in [1.82, 2.24) is 14.8 Å². The third kappa shape index (κ3) is 4.57. The third-order valence-corrected chi connectivity index (χ3v) is 4.97. The molecule has 0 fully saturated rings. The summed E-state index contributed by atoms with van der Waals surface area (Å²) in [5, 5.41) is 12.4. The lowest BCUT2D eigenvalue weighted by Gasteiger charge is -2.02. The number of hydrogen-bond donors (Lipinski definition) is 1. The fourth-order valence-electron chi connectivity index (χ4n) is 2.74. The van der Waals surface area contributed by atoms with Crippen LogP contribution in [0.2, 0.25) is 0 Å². The van der Waals surface area contributed by atoms with Crippen LogP contribution in [0.5, 0.6) is 0 Å². The predicted octanol–water partition coefficient (Wildman–Crippen LogP) is 3.60. The molecule has 1 N–H and O–H groups in total. The molecule has 138 valence electrons. The van der Waals surface area contributed by atoms with Crippen LogP contribution < -0.4 is 11.1 Å². The molecular formula is C18H22N4O3S. The maximum absolute atomic E-state index is 12.1. The van der Waals surface area contributed by atoms with Gasteiger partial charge in [-0.15, -0.1) is 10.2 Å². The van der Waals surface area contributed by atoms with E-state index in [1.807, 2.05) is 18.2 Å². The van der Waals surface area contributed by atoms with Crippen molar-refractivity contribution in [2.45, 2.75) is 52.0 Å². The number of benzene rings is 1. The van der Waals surface area contributed by atoms with Crippen LogP contribution in [-0.4, -0.2) is 20.7 Å². The van der Waals surface area contributed by atoms with Crippen LogP contribution in [0.3, 0.4) is 0 Å². The Hall–Kier alpha value is -2.48. The molecule has 0 bridgehead atoms. The van der Waals surface area contributed by atoms with E-state index in [1.165, 1.54) is 17.8 Å². The molecule has 1 aromatic carbocycles. The molecule has 3 aromatic rings. The number of carbonyl (C=O) groups excluding carboxylic acids is 1. The monoisotopic (exact) mass is 374 g/mol. The van der Waals surface area contributed by atoms with Crippen molar-refractivity contribution in [2.24, 2.45) is 0 Å². The molecule has 26 heavy (non-hydrogen) atoms. The number of anilines is 1. The number of fused-ring (bicyclic) bond motifs is 1. The Morgan fingerprint density at radius 3 is 2.92 bits per heavy atom. The zero-order chi connectivity index (χ0) is 18.4. The van der Waals surface area contributed by atoms with Gasteiger partial charge < -0.3 is 9.73 Å². The second kappa shape index (κ2) is 8.75. The summed E-state index contributed by atoms with van der Waals surface area (Å²) in [5.41, 5.74) is 1.31. The van der Waals surface area contributed by atoms with E-state index in [9.17, 15) is 9.59 Å². The smallest absolute Gasteiger partial charge is 0.408 e.